The third-order valence-corrected chi connectivity index (χ3v) is 3.46. The van der Waals surface area contributed by atoms with Crippen LogP contribution in [0, 0.1) is 5.82 Å². The van der Waals surface area contributed by atoms with E-state index in [9.17, 15) is 4.39 Å². The number of nitrogens with one attached hydrogen (secondary N) is 2. The summed E-state index contributed by atoms with van der Waals surface area (Å²) in [6.45, 7) is 1.61. The third-order valence-electron chi connectivity index (χ3n) is 3.46. The van der Waals surface area contributed by atoms with Crippen LogP contribution in [0.1, 0.15) is 12.8 Å². The Morgan fingerprint density at radius 3 is 2.41 bits per heavy atom. The average Bonchev–Trinajstić information content (AvgIpc) is 2.32. The van der Waals surface area contributed by atoms with E-state index in [0.29, 0.717) is 18.1 Å². The maximum absolute atomic E-state index is 12.8. The van der Waals surface area contributed by atoms with Crippen molar-refractivity contribution in [2.45, 2.75) is 31.0 Å². The van der Waals surface area contributed by atoms with Crippen LogP contribution >= 0.6 is 0 Å². The molecule has 2 fully saturated rings. The van der Waals surface area contributed by atoms with Gasteiger partial charge in [0.15, 0.2) is 0 Å². The van der Waals surface area contributed by atoms with Gasteiger partial charge >= 0.3 is 0 Å². The van der Waals surface area contributed by atoms with Crippen molar-refractivity contribution >= 4 is 5.69 Å². The fraction of sp³-hybridized carbons (Fsp3) is 0.538. The number of piperidine rings is 1. The third kappa shape index (κ3) is 2.58. The fourth-order valence-corrected chi connectivity index (χ4v) is 2.74. The van der Waals surface area contributed by atoms with Crippen molar-refractivity contribution in [1.29, 1.82) is 0 Å². The molecule has 92 valence electrons. The highest BCUT2D eigenvalue weighted by Crippen LogP contribution is 2.22. The summed E-state index contributed by atoms with van der Waals surface area (Å²) in [4.78, 5) is 0. The number of ether oxygens (including phenoxy) is 1. The molecule has 0 radical (unpaired) electrons. The molecule has 4 heteroatoms. The largest absolute Gasteiger partial charge is 0.382 e. The molecule has 0 aliphatic carbocycles. The van der Waals surface area contributed by atoms with Crippen molar-refractivity contribution < 1.29 is 9.13 Å². The lowest BCUT2D eigenvalue weighted by Crippen LogP contribution is -2.56. The lowest BCUT2D eigenvalue weighted by atomic mass is 9.92. The Morgan fingerprint density at radius 2 is 1.76 bits per heavy atom. The van der Waals surface area contributed by atoms with E-state index >= 15 is 0 Å². The average molecular weight is 236 g/mol. The van der Waals surface area contributed by atoms with E-state index in [1.54, 1.807) is 12.1 Å². The van der Waals surface area contributed by atoms with Gasteiger partial charge in [-0.2, -0.15) is 0 Å². The van der Waals surface area contributed by atoms with E-state index in [4.69, 9.17) is 4.74 Å². The number of fused-ring (bicyclic) bond motifs is 2. The lowest BCUT2D eigenvalue weighted by molar-refractivity contribution is 0.0207. The molecule has 2 aliphatic rings. The van der Waals surface area contributed by atoms with Gasteiger partial charge in [-0.25, -0.2) is 4.39 Å². The minimum absolute atomic E-state index is 0.189. The van der Waals surface area contributed by atoms with Gasteiger partial charge in [0.25, 0.3) is 0 Å². The molecule has 3 nitrogen and oxygen atoms in total. The predicted molar refractivity (Wildman–Crippen MR) is 64.6 cm³/mol. The molecular weight excluding hydrogens is 219 g/mol. The van der Waals surface area contributed by atoms with Gasteiger partial charge in [0.05, 0.1) is 13.2 Å². The van der Waals surface area contributed by atoms with Gasteiger partial charge in [-0.3, -0.25) is 0 Å². The van der Waals surface area contributed by atoms with Crippen molar-refractivity contribution in [3.05, 3.63) is 30.1 Å². The van der Waals surface area contributed by atoms with Crippen LogP contribution in [0.4, 0.5) is 10.1 Å². The summed E-state index contributed by atoms with van der Waals surface area (Å²) in [5.41, 5.74) is 0.997. The Balaban J connectivity index is 1.63. The summed E-state index contributed by atoms with van der Waals surface area (Å²) in [5, 5.41) is 7.03. The van der Waals surface area contributed by atoms with Gasteiger partial charge in [0.1, 0.15) is 5.82 Å². The molecule has 0 saturated carbocycles. The van der Waals surface area contributed by atoms with Crippen LogP contribution in [0.15, 0.2) is 24.3 Å². The summed E-state index contributed by atoms with van der Waals surface area (Å²) in [6, 6.07) is 7.95. The molecule has 2 aliphatic heterocycles. The van der Waals surface area contributed by atoms with E-state index in [1.165, 1.54) is 12.1 Å². The Hall–Kier alpha value is -1.13. The Kier molecular flexibility index (Phi) is 2.99. The molecule has 1 aromatic carbocycles. The van der Waals surface area contributed by atoms with E-state index in [-0.39, 0.29) is 5.82 Å². The smallest absolute Gasteiger partial charge is 0.123 e. The van der Waals surface area contributed by atoms with Gasteiger partial charge in [0, 0.05) is 23.8 Å². The number of morpholine rings is 1. The van der Waals surface area contributed by atoms with Crippen LogP contribution in [-0.2, 0) is 4.74 Å². The standard InChI is InChI=1S/C13H17FN2O/c14-9-1-3-10(4-2-9)15-11-5-12-7-17-8-13(6-11)16-12/h1-4,11-13,15-16H,5-8H2/t11?,12-,13+. The number of rotatable bonds is 2. The van der Waals surface area contributed by atoms with Crippen molar-refractivity contribution in [2.24, 2.45) is 0 Å². The number of benzene rings is 1. The first kappa shape index (κ1) is 11.0. The number of hydrogen-bond acceptors (Lipinski definition) is 3. The Morgan fingerprint density at radius 1 is 1.12 bits per heavy atom. The van der Waals surface area contributed by atoms with Crippen molar-refractivity contribution in [3.8, 4) is 0 Å². The molecular formula is C13H17FN2O. The van der Waals surface area contributed by atoms with Crippen LogP contribution in [0.3, 0.4) is 0 Å². The van der Waals surface area contributed by atoms with Gasteiger partial charge in [-0.1, -0.05) is 0 Å². The van der Waals surface area contributed by atoms with E-state index < -0.39 is 0 Å². The van der Waals surface area contributed by atoms with Gasteiger partial charge in [-0.05, 0) is 37.1 Å². The summed E-state index contributed by atoms with van der Waals surface area (Å²) in [6.07, 6.45) is 2.13. The first-order valence-corrected chi connectivity index (χ1v) is 6.15. The van der Waals surface area contributed by atoms with Crippen LogP contribution in [0.25, 0.3) is 0 Å². The summed E-state index contributed by atoms with van der Waals surface area (Å²) >= 11 is 0. The second kappa shape index (κ2) is 4.63. The molecule has 2 heterocycles. The van der Waals surface area contributed by atoms with Crippen LogP contribution in [0.5, 0.6) is 0 Å². The summed E-state index contributed by atoms with van der Waals surface area (Å²) in [7, 11) is 0. The van der Waals surface area contributed by atoms with E-state index in [2.05, 4.69) is 10.6 Å². The monoisotopic (exact) mass is 236 g/mol. The zero-order valence-corrected chi connectivity index (χ0v) is 9.66. The highest BCUT2D eigenvalue weighted by atomic mass is 19.1. The molecule has 2 N–H and O–H groups in total. The molecule has 0 amide bonds. The Bertz CT molecular complexity index is 370. The second-order valence-corrected chi connectivity index (χ2v) is 4.92. The Labute approximate surface area is 100 Å². The van der Waals surface area contributed by atoms with Gasteiger partial charge in [-0.15, -0.1) is 0 Å². The van der Waals surface area contributed by atoms with Crippen LogP contribution in [-0.4, -0.2) is 31.3 Å². The van der Waals surface area contributed by atoms with Crippen LogP contribution < -0.4 is 10.6 Å². The number of halogens is 1. The normalized spacial score (nSPS) is 32.2. The molecule has 1 unspecified atom stereocenters. The molecule has 2 bridgehead atoms. The number of hydrogen-bond donors (Lipinski definition) is 2. The fourth-order valence-electron chi connectivity index (χ4n) is 2.74. The van der Waals surface area contributed by atoms with Crippen molar-refractivity contribution in [3.63, 3.8) is 0 Å². The molecule has 2 saturated heterocycles. The lowest BCUT2D eigenvalue weighted by Gasteiger charge is -2.40. The molecule has 0 spiro atoms. The molecule has 3 rings (SSSR count). The molecule has 3 atom stereocenters. The molecule has 17 heavy (non-hydrogen) atoms. The molecule has 0 aromatic heterocycles. The number of anilines is 1. The maximum atomic E-state index is 12.8. The second-order valence-electron chi connectivity index (χ2n) is 4.92. The first-order chi connectivity index (χ1) is 8.29. The zero-order chi connectivity index (χ0) is 11.7. The first-order valence-electron chi connectivity index (χ1n) is 6.15. The zero-order valence-electron chi connectivity index (χ0n) is 9.66. The quantitative estimate of drug-likeness (QED) is 0.821. The highest BCUT2D eigenvalue weighted by molar-refractivity contribution is 5.44. The van der Waals surface area contributed by atoms with Crippen LogP contribution in [0.2, 0.25) is 0 Å². The maximum Gasteiger partial charge on any atom is 0.123 e. The van der Waals surface area contributed by atoms with Gasteiger partial charge < -0.3 is 15.4 Å². The molecule has 1 aromatic rings. The predicted octanol–water partition coefficient (Wildman–Crippen LogP) is 1.76. The van der Waals surface area contributed by atoms with E-state index in [1.807, 2.05) is 0 Å². The van der Waals surface area contributed by atoms with Crippen molar-refractivity contribution in [2.75, 3.05) is 18.5 Å². The topological polar surface area (TPSA) is 33.3 Å². The van der Waals surface area contributed by atoms with Gasteiger partial charge in [0.2, 0.25) is 0 Å². The summed E-state index contributed by atoms with van der Waals surface area (Å²) in [5.74, 6) is -0.189. The van der Waals surface area contributed by atoms with E-state index in [0.717, 1.165) is 31.7 Å². The minimum atomic E-state index is -0.189. The highest BCUT2D eigenvalue weighted by Gasteiger charge is 2.31. The SMILES string of the molecule is Fc1ccc(NC2C[C@H]3COC[C@@H](C2)N3)cc1. The minimum Gasteiger partial charge on any atom is -0.382 e. The summed E-state index contributed by atoms with van der Waals surface area (Å²) < 4.78 is 18.3. The van der Waals surface area contributed by atoms with Crippen molar-refractivity contribution in [1.82, 2.24) is 5.32 Å².